The Labute approximate surface area is 160 Å². The van der Waals surface area contributed by atoms with Crippen molar-refractivity contribution in [3.63, 3.8) is 0 Å². The molecular weight excluding hydrogens is 370 g/mol. The normalized spacial score (nSPS) is 21.7. The number of nitrogens with zero attached hydrogens (tertiary/aromatic N) is 4. The largest absolute Gasteiger partial charge is 0.378 e. The summed E-state index contributed by atoms with van der Waals surface area (Å²) in [5, 5.41) is 12.9. The Morgan fingerprint density at radius 3 is 2.92 bits per heavy atom. The van der Waals surface area contributed by atoms with Crippen LogP contribution in [-0.2, 0) is 28.9 Å². The molecule has 1 amide bonds. The summed E-state index contributed by atoms with van der Waals surface area (Å²) in [6.07, 6.45) is 1.55. The quantitative estimate of drug-likeness (QED) is 0.734. The summed E-state index contributed by atoms with van der Waals surface area (Å²) >= 11 is 7.38. The van der Waals surface area contributed by atoms with Crippen LogP contribution >= 0.6 is 23.6 Å². The maximum absolute atomic E-state index is 12.9. The highest BCUT2D eigenvalue weighted by Crippen LogP contribution is 2.42. The van der Waals surface area contributed by atoms with Gasteiger partial charge in [0, 0.05) is 29.4 Å². The Hall–Kier alpha value is -1.84. The number of thiocarbonyl (C=S) groups is 1. The van der Waals surface area contributed by atoms with Gasteiger partial charge in [-0.3, -0.25) is 9.36 Å². The van der Waals surface area contributed by atoms with Crippen molar-refractivity contribution in [2.24, 2.45) is 5.92 Å². The van der Waals surface area contributed by atoms with Gasteiger partial charge in [-0.2, -0.15) is 0 Å². The van der Waals surface area contributed by atoms with Crippen molar-refractivity contribution in [2.75, 3.05) is 26.3 Å². The third-order valence-electron chi connectivity index (χ3n) is 5.36. The number of hydrogen-bond donors (Lipinski definition) is 1. The second kappa shape index (κ2) is 6.11. The fourth-order valence-electron chi connectivity index (χ4n) is 4.06. The van der Waals surface area contributed by atoms with E-state index in [1.165, 1.54) is 10.4 Å². The smallest absolute Gasteiger partial charge is 0.226 e. The van der Waals surface area contributed by atoms with Crippen LogP contribution in [0.2, 0.25) is 0 Å². The summed E-state index contributed by atoms with van der Waals surface area (Å²) < 4.78 is 7.47. The molecule has 9 heteroatoms. The van der Waals surface area contributed by atoms with Crippen LogP contribution in [0.4, 0.5) is 0 Å². The highest BCUT2D eigenvalue weighted by molar-refractivity contribution is 7.80. The molecule has 1 fully saturated rings. The number of aromatic nitrogens is 3. The number of hydrogen-bond acceptors (Lipinski definition) is 6. The second-order valence-corrected chi connectivity index (χ2v) is 8.40. The van der Waals surface area contributed by atoms with Gasteiger partial charge in [0.1, 0.15) is 15.8 Å². The Bertz CT molecular complexity index is 913. The summed E-state index contributed by atoms with van der Waals surface area (Å²) in [6.45, 7) is 5.21. The molecule has 0 saturated carbocycles. The van der Waals surface area contributed by atoms with Crippen LogP contribution in [0.15, 0.2) is 0 Å². The molecule has 0 spiro atoms. The maximum Gasteiger partial charge on any atom is 0.226 e. The van der Waals surface area contributed by atoms with E-state index in [4.69, 9.17) is 17.0 Å². The number of carbonyl (C=O) groups excluding carboxylic acids is 1. The van der Waals surface area contributed by atoms with Gasteiger partial charge in [0.15, 0.2) is 5.82 Å². The lowest BCUT2D eigenvalue weighted by atomic mass is 10.0. The van der Waals surface area contributed by atoms with Crippen molar-refractivity contribution < 1.29 is 9.53 Å². The fourth-order valence-corrected chi connectivity index (χ4v) is 5.90. The average Bonchev–Trinajstić information content (AvgIpc) is 3.29. The average molecular weight is 390 g/mol. The molecule has 0 radical (unpaired) electrons. The van der Waals surface area contributed by atoms with Crippen molar-refractivity contribution in [2.45, 2.75) is 26.3 Å². The van der Waals surface area contributed by atoms with Crippen LogP contribution in [0.25, 0.3) is 5.00 Å². The number of rotatable bonds is 1. The van der Waals surface area contributed by atoms with Crippen LogP contribution in [0.5, 0.6) is 0 Å². The molecule has 3 aliphatic rings. The van der Waals surface area contributed by atoms with Crippen LogP contribution < -0.4 is 5.32 Å². The first-order chi connectivity index (χ1) is 12.6. The fraction of sp³-hybridized carbons (Fsp3) is 0.529. The lowest BCUT2D eigenvalue weighted by Gasteiger charge is -2.29. The monoisotopic (exact) mass is 389 g/mol. The van der Waals surface area contributed by atoms with E-state index >= 15 is 0 Å². The topological polar surface area (TPSA) is 72.3 Å². The molecule has 26 heavy (non-hydrogen) atoms. The minimum absolute atomic E-state index is 0.0205. The van der Waals surface area contributed by atoms with Crippen LogP contribution in [0.3, 0.4) is 0 Å². The van der Waals surface area contributed by atoms with Crippen LogP contribution in [-0.4, -0.2) is 56.9 Å². The van der Waals surface area contributed by atoms with E-state index in [0.29, 0.717) is 32.8 Å². The van der Waals surface area contributed by atoms with Gasteiger partial charge in [-0.25, -0.2) is 0 Å². The third kappa shape index (κ3) is 2.41. The summed E-state index contributed by atoms with van der Waals surface area (Å²) in [5.41, 5.74) is 2.30. The summed E-state index contributed by atoms with van der Waals surface area (Å²) in [7, 11) is 0. The molecular formula is C17H19N5O2S2. The number of fused-ring (bicyclic) bond motifs is 5. The van der Waals surface area contributed by atoms with Gasteiger partial charge in [0.25, 0.3) is 0 Å². The molecule has 136 valence electrons. The number of nitrogens with one attached hydrogen (secondary N) is 1. The van der Waals surface area contributed by atoms with Gasteiger partial charge >= 0.3 is 0 Å². The Morgan fingerprint density at radius 1 is 1.31 bits per heavy atom. The molecule has 5 rings (SSSR count). The number of thiophene rings is 1. The molecule has 1 unspecified atom stereocenters. The number of morpholine rings is 1. The van der Waals surface area contributed by atoms with E-state index in [2.05, 4.69) is 20.1 Å². The molecule has 0 bridgehead atoms. The predicted octanol–water partition coefficient (Wildman–Crippen LogP) is 0.990. The highest BCUT2D eigenvalue weighted by Gasteiger charge is 2.37. The van der Waals surface area contributed by atoms with Crippen molar-refractivity contribution in [1.29, 1.82) is 0 Å². The van der Waals surface area contributed by atoms with E-state index in [-0.39, 0.29) is 11.8 Å². The molecule has 2 aromatic rings. The minimum Gasteiger partial charge on any atom is -0.378 e. The van der Waals surface area contributed by atoms with Crippen LogP contribution in [0, 0.1) is 12.8 Å². The molecule has 1 saturated heterocycles. The van der Waals surface area contributed by atoms with Crippen LogP contribution in [0.1, 0.15) is 27.7 Å². The lowest BCUT2D eigenvalue weighted by Crippen LogP contribution is -2.44. The summed E-state index contributed by atoms with van der Waals surface area (Å²) in [4.78, 5) is 16.9. The second-order valence-electron chi connectivity index (χ2n) is 6.91. The van der Waals surface area contributed by atoms with E-state index < -0.39 is 0 Å². The molecule has 0 aromatic carbocycles. The van der Waals surface area contributed by atoms with Crippen molar-refractivity contribution in [3.05, 3.63) is 27.7 Å². The Balaban J connectivity index is 1.49. The van der Waals surface area contributed by atoms with Crippen molar-refractivity contribution >= 4 is 34.5 Å². The first kappa shape index (κ1) is 16.3. The number of aryl methyl sites for hydroxylation is 1. The van der Waals surface area contributed by atoms with Gasteiger partial charge in [-0.1, -0.05) is 12.2 Å². The van der Waals surface area contributed by atoms with Crippen molar-refractivity contribution in [3.8, 4) is 5.00 Å². The molecule has 4 heterocycles. The zero-order chi connectivity index (χ0) is 17.8. The van der Waals surface area contributed by atoms with E-state index in [1.807, 2.05) is 11.8 Å². The van der Waals surface area contributed by atoms with E-state index in [0.717, 1.165) is 40.0 Å². The summed E-state index contributed by atoms with van der Waals surface area (Å²) in [5.74, 6) is 2.02. The number of amides is 1. The van der Waals surface area contributed by atoms with Gasteiger partial charge in [0.05, 0.1) is 19.8 Å². The number of carbonyl (C=O) groups is 1. The molecule has 7 nitrogen and oxygen atoms in total. The molecule has 2 aromatic heterocycles. The Kier molecular flexibility index (Phi) is 3.84. The van der Waals surface area contributed by atoms with Gasteiger partial charge in [0.2, 0.25) is 5.91 Å². The molecule has 1 N–H and O–H groups in total. The minimum atomic E-state index is 0.0205. The van der Waals surface area contributed by atoms with Gasteiger partial charge in [-0.15, -0.1) is 21.5 Å². The highest BCUT2D eigenvalue weighted by atomic mass is 32.1. The first-order valence-corrected chi connectivity index (χ1v) is 10.1. The van der Waals surface area contributed by atoms with E-state index in [1.54, 1.807) is 11.3 Å². The third-order valence-corrected chi connectivity index (χ3v) is 6.94. The molecule has 1 atom stereocenters. The SMILES string of the molecule is Cc1nnc2n1-c1sc3c(c1C(=S)NC2)CC(C(=O)N1CCOCC1)C3. The van der Waals surface area contributed by atoms with Gasteiger partial charge < -0.3 is 15.0 Å². The van der Waals surface area contributed by atoms with E-state index in [9.17, 15) is 4.79 Å². The zero-order valence-electron chi connectivity index (χ0n) is 14.4. The lowest BCUT2D eigenvalue weighted by molar-refractivity contribution is -0.139. The predicted molar refractivity (Wildman–Crippen MR) is 101 cm³/mol. The zero-order valence-corrected chi connectivity index (χ0v) is 16.1. The maximum atomic E-state index is 12.9. The standard InChI is InChI=1S/C17H19N5O2S2/c1-9-19-20-13-8-18-15(25)14-11-6-10(7-12(11)26-17(14)22(9)13)16(23)21-2-4-24-5-3-21/h10H,2-8H2,1H3,(H,18,25). The van der Waals surface area contributed by atoms with Crippen molar-refractivity contribution in [1.82, 2.24) is 25.0 Å². The molecule has 2 aliphatic heterocycles. The number of ether oxygens (including phenoxy) is 1. The Morgan fingerprint density at radius 2 is 2.12 bits per heavy atom. The first-order valence-electron chi connectivity index (χ1n) is 8.84. The summed E-state index contributed by atoms with van der Waals surface area (Å²) in [6, 6.07) is 0. The van der Waals surface area contributed by atoms with Gasteiger partial charge in [-0.05, 0) is 25.3 Å². The molecule has 1 aliphatic carbocycles.